The number of likely N-dealkylation sites (tertiary alicyclic amines) is 2. The molecule has 2 aliphatic rings. The fourth-order valence-corrected chi connectivity index (χ4v) is 5.50. The average Bonchev–Trinajstić information content (AvgIpc) is 3.21. The third-order valence-electron chi connectivity index (χ3n) is 7.62. The van der Waals surface area contributed by atoms with Crippen LogP contribution < -0.4 is 9.47 Å². The van der Waals surface area contributed by atoms with Crippen LogP contribution in [0.3, 0.4) is 0 Å². The number of ether oxygens (including phenoxy) is 2. The largest absolute Gasteiger partial charge is 0.493 e. The van der Waals surface area contributed by atoms with E-state index in [1.165, 1.54) is 11.6 Å². The summed E-state index contributed by atoms with van der Waals surface area (Å²) in [4.78, 5) is 17.1. The quantitative estimate of drug-likeness (QED) is 0.416. The SMILES string of the molecule is COc1cc(CN2CCC3(CCC(=O)N3Cc3ccccc3F)CC2)ccc1OCc1ccccc1. The van der Waals surface area contributed by atoms with Crippen LogP contribution in [0.5, 0.6) is 11.5 Å². The predicted octanol–water partition coefficient (Wildman–Crippen LogP) is 5.57. The smallest absolute Gasteiger partial charge is 0.223 e. The summed E-state index contributed by atoms with van der Waals surface area (Å²) in [5.41, 5.74) is 2.71. The number of halogens is 1. The van der Waals surface area contributed by atoms with Crippen LogP contribution in [0.15, 0.2) is 72.8 Å². The number of methoxy groups -OCH3 is 1. The Hall–Kier alpha value is -3.38. The van der Waals surface area contributed by atoms with E-state index in [1.54, 1.807) is 19.2 Å². The Kier molecular flexibility index (Phi) is 7.23. The van der Waals surface area contributed by atoms with Crippen LogP contribution in [0, 0.1) is 5.82 Å². The lowest BCUT2D eigenvalue weighted by Gasteiger charge is -2.45. The molecule has 0 N–H and O–H groups in total. The summed E-state index contributed by atoms with van der Waals surface area (Å²) < 4.78 is 25.9. The molecule has 36 heavy (non-hydrogen) atoms. The van der Waals surface area contributed by atoms with Crippen LogP contribution in [0.1, 0.15) is 42.4 Å². The Morgan fingerprint density at radius 1 is 0.861 bits per heavy atom. The van der Waals surface area contributed by atoms with Crippen LogP contribution in [0.2, 0.25) is 0 Å². The lowest BCUT2D eigenvalue weighted by atomic mass is 9.84. The number of amides is 1. The van der Waals surface area contributed by atoms with Gasteiger partial charge in [0.05, 0.1) is 7.11 Å². The van der Waals surface area contributed by atoms with Crippen molar-refractivity contribution in [2.45, 2.75) is 50.9 Å². The van der Waals surface area contributed by atoms with Crippen LogP contribution in [-0.4, -0.2) is 41.4 Å². The molecule has 5 nitrogen and oxygen atoms in total. The van der Waals surface area contributed by atoms with E-state index in [1.807, 2.05) is 53.4 Å². The molecule has 0 aliphatic carbocycles. The van der Waals surface area contributed by atoms with Gasteiger partial charge in [0.25, 0.3) is 0 Å². The third kappa shape index (κ3) is 5.24. The second-order valence-electron chi connectivity index (χ2n) is 9.83. The van der Waals surface area contributed by atoms with E-state index in [-0.39, 0.29) is 17.3 Å². The highest BCUT2D eigenvalue weighted by Crippen LogP contribution is 2.41. The van der Waals surface area contributed by atoms with E-state index >= 15 is 0 Å². The van der Waals surface area contributed by atoms with Gasteiger partial charge in [-0.2, -0.15) is 0 Å². The fraction of sp³-hybridized carbons (Fsp3) is 0.367. The number of hydrogen-bond acceptors (Lipinski definition) is 4. The second-order valence-corrected chi connectivity index (χ2v) is 9.83. The molecule has 0 saturated carbocycles. The highest BCUT2D eigenvalue weighted by molar-refractivity contribution is 5.79. The Morgan fingerprint density at radius 3 is 2.36 bits per heavy atom. The van der Waals surface area contributed by atoms with Crippen molar-refractivity contribution >= 4 is 5.91 Å². The van der Waals surface area contributed by atoms with Gasteiger partial charge >= 0.3 is 0 Å². The maximum Gasteiger partial charge on any atom is 0.223 e. The van der Waals surface area contributed by atoms with Crippen molar-refractivity contribution in [3.8, 4) is 11.5 Å². The highest BCUT2D eigenvalue weighted by Gasteiger charge is 2.46. The zero-order valence-corrected chi connectivity index (χ0v) is 20.8. The van der Waals surface area contributed by atoms with E-state index in [4.69, 9.17) is 9.47 Å². The maximum atomic E-state index is 14.3. The minimum atomic E-state index is -0.241. The molecule has 2 aliphatic heterocycles. The first kappa shape index (κ1) is 24.3. The summed E-state index contributed by atoms with van der Waals surface area (Å²) in [5, 5.41) is 0. The fourth-order valence-electron chi connectivity index (χ4n) is 5.50. The number of carbonyl (C=O) groups is 1. The molecule has 1 amide bonds. The molecular formula is C30H33FN2O3. The van der Waals surface area contributed by atoms with Crippen molar-refractivity contribution in [1.82, 2.24) is 9.80 Å². The molecule has 3 aromatic rings. The summed E-state index contributed by atoms with van der Waals surface area (Å²) in [6.07, 6.45) is 3.22. The van der Waals surface area contributed by atoms with Gasteiger partial charge < -0.3 is 14.4 Å². The summed E-state index contributed by atoms with van der Waals surface area (Å²) in [6.45, 7) is 3.46. The van der Waals surface area contributed by atoms with Gasteiger partial charge in [-0.15, -0.1) is 0 Å². The first-order valence-corrected chi connectivity index (χ1v) is 12.7. The van der Waals surface area contributed by atoms with Crippen LogP contribution in [0.25, 0.3) is 0 Å². The Morgan fingerprint density at radius 2 is 1.61 bits per heavy atom. The van der Waals surface area contributed by atoms with E-state index < -0.39 is 0 Å². The standard InChI is InChI=1S/C30H33FN2O3/c1-35-28-19-24(11-12-27(28)36-22-23-7-3-2-4-8-23)20-32-17-15-30(16-18-32)14-13-29(34)33(30)21-25-9-5-6-10-26(25)31/h2-12,19H,13-18,20-22H2,1H3. The normalized spacial score (nSPS) is 17.5. The van der Waals surface area contributed by atoms with Gasteiger partial charge in [0, 0.05) is 43.7 Å². The summed E-state index contributed by atoms with van der Waals surface area (Å²) in [6, 6.07) is 23.0. The van der Waals surface area contributed by atoms with Crippen LogP contribution in [-0.2, 0) is 24.5 Å². The molecule has 2 fully saturated rings. The molecule has 0 atom stereocenters. The van der Waals surface area contributed by atoms with E-state index in [9.17, 15) is 9.18 Å². The number of hydrogen-bond donors (Lipinski definition) is 0. The molecular weight excluding hydrogens is 455 g/mol. The highest BCUT2D eigenvalue weighted by atomic mass is 19.1. The molecule has 6 heteroatoms. The molecule has 1 spiro atoms. The second kappa shape index (κ2) is 10.7. The zero-order chi connectivity index (χ0) is 25.0. The van der Waals surface area contributed by atoms with E-state index in [2.05, 4.69) is 11.0 Å². The molecule has 0 bridgehead atoms. The van der Waals surface area contributed by atoms with Gasteiger partial charge in [0.1, 0.15) is 12.4 Å². The number of piperidine rings is 1. The molecule has 0 aromatic heterocycles. The Balaban J connectivity index is 1.20. The van der Waals surface area contributed by atoms with Crippen molar-refractivity contribution in [2.75, 3.05) is 20.2 Å². The van der Waals surface area contributed by atoms with E-state index in [0.29, 0.717) is 25.1 Å². The molecule has 3 aromatic carbocycles. The van der Waals surface area contributed by atoms with Crippen molar-refractivity contribution in [2.24, 2.45) is 0 Å². The van der Waals surface area contributed by atoms with Gasteiger partial charge in [-0.3, -0.25) is 9.69 Å². The molecule has 0 unspecified atom stereocenters. The molecule has 5 rings (SSSR count). The van der Waals surface area contributed by atoms with Gasteiger partial charge in [-0.25, -0.2) is 4.39 Å². The number of rotatable bonds is 8. The third-order valence-corrected chi connectivity index (χ3v) is 7.62. The molecule has 188 valence electrons. The number of carbonyl (C=O) groups excluding carboxylic acids is 1. The topological polar surface area (TPSA) is 42.0 Å². The number of nitrogens with zero attached hydrogens (tertiary/aromatic N) is 2. The maximum absolute atomic E-state index is 14.3. The molecule has 2 heterocycles. The van der Waals surface area contributed by atoms with Crippen molar-refractivity contribution in [1.29, 1.82) is 0 Å². The Bertz CT molecular complexity index is 1190. The predicted molar refractivity (Wildman–Crippen MR) is 137 cm³/mol. The van der Waals surface area contributed by atoms with Crippen LogP contribution in [0.4, 0.5) is 4.39 Å². The van der Waals surface area contributed by atoms with Gasteiger partial charge in [0.15, 0.2) is 11.5 Å². The summed E-state index contributed by atoms with van der Waals surface area (Å²) >= 11 is 0. The Labute approximate surface area is 212 Å². The first-order valence-electron chi connectivity index (χ1n) is 12.7. The van der Waals surface area contributed by atoms with Gasteiger partial charge in [-0.05, 0) is 48.6 Å². The molecule has 0 radical (unpaired) electrons. The van der Waals surface area contributed by atoms with E-state index in [0.717, 1.165) is 56.0 Å². The zero-order valence-electron chi connectivity index (χ0n) is 20.8. The molecule has 2 saturated heterocycles. The summed E-state index contributed by atoms with van der Waals surface area (Å²) in [5.74, 6) is 1.36. The average molecular weight is 489 g/mol. The first-order chi connectivity index (χ1) is 17.6. The lowest BCUT2D eigenvalue weighted by Crippen LogP contribution is -2.52. The monoisotopic (exact) mass is 488 g/mol. The van der Waals surface area contributed by atoms with Gasteiger partial charge in [0.2, 0.25) is 5.91 Å². The lowest BCUT2D eigenvalue weighted by molar-refractivity contribution is -0.133. The van der Waals surface area contributed by atoms with Crippen molar-refractivity contribution in [3.63, 3.8) is 0 Å². The minimum absolute atomic E-state index is 0.141. The van der Waals surface area contributed by atoms with Crippen molar-refractivity contribution in [3.05, 3.63) is 95.3 Å². The minimum Gasteiger partial charge on any atom is -0.493 e. The van der Waals surface area contributed by atoms with Gasteiger partial charge in [-0.1, -0.05) is 54.6 Å². The summed E-state index contributed by atoms with van der Waals surface area (Å²) in [7, 11) is 1.67. The number of benzene rings is 3. The van der Waals surface area contributed by atoms with Crippen molar-refractivity contribution < 1.29 is 18.7 Å². The van der Waals surface area contributed by atoms with Crippen LogP contribution >= 0.6 is 0 Å².